The highest BCUT2D eigenvalue weighted by molar-refractivity contribution is 7.10. The highest BCUT2D eigenvalue weighted by Gasteiger charge is 2.26. The molecule has 2 aromatic rings. The number of hydrogen-bond acceptors (Lipinski definition) is 4. The number of rotatable bonds is 6. The van der Waals surface area contributed by atoms with Crippen molar-refractivity contribution < 1.29 is 14.6 Å². The third-order valence-corrected chi connectivity index (χ3v) is 5.13. The fourth-order valence-corrected chi connectivity index (χ4v) is 3.75. The van der Waals surface area contributed by atoms with Gasteiger partial charge in [0.15, 0.2) is 0 Å². The molecular formula is C18H22N2O3S. The summed E-state index contributed by atoms with van der Waals surface area (Å²) in [6, 6.07) is 9.44. The van der Waals surface area contributed by atoms with Crippen LogP contribution in [0.1, 0.15) is 41.5 Å². The number of thiophene rings is 1. The Morgan fingerprint density at radius 1 is 1.42 bits per heavy atom. The van der Waals surface area contributed by atoms with Gasteiger partial charge in [0.2, 0.25) is 0 Å². The van der Waals surface area contributed by atoms with Crippen LogP contribution >= 0.6 is 11.3 Å². The zero-order valence-corrected chi connectivity index (χ0v) is 14.4. The van der Waals surface area contributed by atoms with E-state index in [-0.39, 0.29) is 18.6 Å². The van der Waals surface area contributed by atoms with E-state index in [4.69, 9.17) is 4.74 Å². The van der Waals surface area contributed by atoms with Crippen molar-refractivity contribution in [2.75, 3.05) is 13.2 Å². The second-order valence-electron chi connectivity index (χ2n) is 5.73. The molecule has 1 aliphatic rings. The SMILES string of the molecule is CCOc1cccc2c1CCC2NC(=O)NCC(O)c1cccs1. The van der Waals surface area contributed by atoms with Gasteiger partial charge in [-0.15, -0.1) is 11.3 Å². The summed E-state index contributed by atoms with van der Waals surface area (Å²) in [5.74, 6) is 0.910. The Bertz CT molecular complexity index is 688. The summed E-state index contributed by atoms with van der Waals surface area (Å²) in [5.41, 5.74) is 2.30. The summed E-state index contributed by atoms with van der Waals surface area (Å²) in [6.45, 7) is 2.80. The van der Waals surface area contributed by atoms with Crippen molar-refractivity contribution in [1.29, 1.82) is 0 Å². The van der Waals surface area contributed by atoms with Crippen molar-refractivity contribution in [3.8, 4) is 5.75 Å². The fraction of sp³-hybridized carbons (Fsp3) is 0.389. The van der Waals surface area contributed by atoms with E-state index in [2.05, 4.69) is 10.6 Å². The third kappa shape index (κ3) is 3.71. The predicted molar refractivity (Wildman–Crippen MR) is 94.5 cm³/mol. The van der Waals surface area contributed by atoms with Gasteiger partial charge in [0.05, 0.1) is 19.2 Å². The van der Waals surface area contributed by atoms with Crippen LogP contribution < -0.4 is 15.4 Å². The van der Waals surface area contributed by atoms with Gasteiger partial charge in [-0.1, -0.05) is 18.2 Å². The second-order valence-corrected chi connectivity index (χ2v) is 6.71. The maximum absolute atomic E-state index is 12.1. The Balaban J connectivity index is 1.56. The van der Waals surface area contributed by atoms with Crippen molar-refractivity contribution in [2.45, 2.75) is 31.9 Å². The first-order valence-corrected chi connectivity index (χ1v) is 9.07. The van der Waals surface area contributed by atoms with Crippen LogP contribution in [0.3, 0.4) is 0 Å². The zero-order valence-electron chi connectivity index (χ0n) is 13.6. The predicted octanol–water partition coefficient (Wildman–Crippen LogP) is 3.17. The van der Waals surface area contributed by atoms with Gasteiger partial charge in [0.1, 0.15) is 11.9 Å². The van der Waals surface area contributed by atoms with Gasteiger partial charge < -0.3 is 20.5 Å². The highest BCUT2D eigenvalue weighted by atomic mass is 32.1. The molecule has 2 amide bonds. The molecule has 2 unspecified atom stereocenters. The standard InChI is InChI=1S/C18H22N2O3S/c1-2-23-16-6-3-5-12-13(16)8-9-14(12)20-18(22)19-11-15(21)17-7-4-10-24-17/h3-7,10,14-15,21H,2,8-9,11H2,1H3,(H2,19,20,22). The average Bonchev–Trinajstić information content (AvgIpc) is 3.24. The average molecular weight is 346 g/mol. The summed E-state index contributed by atoms with van der Waals surface area (Å²) in [6.07, 6.45) is 1.09. The topological polar surface area (TPSA) is 70.6 Å². The minimum absolute atomic E-state index is 0.0145. The number of aliphatic hydroxyl groups is 1. The molecule has 1 heterocycles. The number of urea groups is 1. The number of nitrogens with one attached hydrogen (secondary N) is 2. The number of aliphatic hydroxyl groups excluding tert-OH is 1. The normalized spacial score (nSPS) is 17.2. The number of fused-ring (bicyclic) bond motifs is 1. The number of amides is 2. The molecule has 0 spiro atoms. The maximum Gasteiger partial charge on any atom is 0.315 e. The van der Waals surface area contributed by atoms with E-state index in [1.807, 2.05) is 42.6 Å². The summed E-state index contributed by atoms with van der Waals surface area (Å²) >= 11 is 1.48. The first-order valence-electron chi connectivity index (χ1n) is 8.19. The molecule has 1 aromatic carbocycles. The van der Waals surface area contributed by atoms with E-state index in [0.29, 0.717) is 6.61 Å². The van der Waals surface area contributed by atoms with E-state index in [1.54, 1.807) is 0 Å². The van der Waals surface area contributed by atoms with E-state index >= 15 is 0 Å². The Kier molecular flexibility index (Phi) is 5.37. The number of benzene rings is 1. The lowest BCUT2D eigenvalue weighted by atomic mass is 10.1. The number of hydrogen-bond donors (Lipinski definition) is 3. The summed E-state index contributed by atoms with van der Waals surface area (Å²) < 4.78 is 5.66. The van der Waals surface area contributed by atoms with Crippen LogP contribution in [0.5, 0.6) is 5.75 Å². The Morgan fingerprint density at radius 2 is 2.29 bits per heavy atom. The van der Waals surface area contributed by atoms with Gasteiger partial charge in [-0.05, 0) is 48.4 Å². The molecule has 24 heavy (non-hydrogen) atoms. The molecule has 128 valence electrons. The fourth-order valence-electron chi connectivity index (χ4n) is 3.04. The number of carbonyl (C=O) groups excluding carboxylic acids is 1. The van der Waals surface area contributed by atoms with Crippen LogP contribution in [-0.4, -0.2) is 24.3 Å². The molecule has 2 atom stereocenters. The Morgan fingerprint density at radius 3 is 3.04 bits per heavy atom. The molecule has 5 nitrogen and oxygen atoms in total. The first kappa shape index (κ1) is 16.8. The van der Waals surface area contributed by atoms with Gasteiger partial charge in [-0.2, -0.15) is 0 Å². The first-order chi connectivity index (χ1) is 11.7. The zero-order chi connectivity index (χ0) is 16.9. The van der Waals surface area contributed by atoms with Crippen molar-refractivity contribution in [1.82, 2.24) is 10.6 Å². The molecule has 1 aliphatic carbocycles. The lowest BCUT2D eigenvalue weighted by Gasteiger charge is -2.17. The molecule has 1 aromatic heterocycles. The van der Waals surface area contributed by atoms with Crippen LogP contribution in [0.2, 0.25) is 0 Å². The molecule has 3 rings (SSSR count). The molecule has 0 saturated heterocycles. The van der Waals surface area contributed by atoms with Crippen LogP contribution in [-0.2, 0) is 6.42 Å². The van der Waals surface area contributed by atoms with Crippen LogP contribution in [0.25, 0.3) is 0 Å². The molecule has 0 saturated carbocycles. The Labute approximate surface area is 145 Å². The molecule has 0 aliphatic heterocycles. The van der Waals surface area contributed by atoms with Gasteiger partial charge >= 0.3 is 6.03 Å². The minimum Gasteiger partial charge on any atom is -0.494 e. The molecule has 3 N–H and O–H groups in total. The number of carbonyl (C=O) groups is 1. The van der Waals surface area contributed by atoms with Crippen LogP contribution in [0.15, 0.2) is 35.7 Å². The molecular weight excluding hydrogens is 324 g/mol. The third-order valence-electron chi connectivity index (χ3n) is 4.16. The lowest BCUT2D eigenvalue weighted by molar-refractivity contribution is 0.175. The van der Waals surface area contributed by atoms with E-state index < -0.39 is 6.10 Å². The van der Waals surface area contributed by atoms with E-state index in [9.17, 15) is 9.90 Å². The van der Waals surface area contributed by atoms with Gasteiger partial charge in [0, 0.05) is 4.88 Å². The molecule has 0 radical (unpaired) electrons. The van der Waals surface area contributed by atoms with Crippen molar-refractivity contribution in [3.05, 3.63) is 51.7 Å². The largest absolute Gasteiger partial charge is 0.494 e. The quantitative estimate of drug-likeness (QED) is 0.752. The van der Waals surface area contributed by atoms with Crippen molar-refractivity contribution >= 4 is 17.4 Å². The summed E-state index contributed by atoms with van der Waals surface area (Å²) in [4.78, 5) is 13.0. The summed E-state index contributed by atoms with van der Waals surface area (Å²) in [5, 5.41) is 17.7. The highest BCUT2D eigenvalue weighted by Crippen LogP contribution is 2.36. The molecule has 0 bridgehead atoms. The number of ether oxygens (including phenoxy) is 1. The van der Waals surface area contributed by atoms with Gasteiger partial charge in [-0.3, -0.25) is 0 Å². The lowest BCUT2D eigenvalue weighted by Crippen LogP contribution is -2.39. The van der Waals surface area contributed by atoms with Gasteiger partial charge in [0.25, 0.3) is 0 Å². The van der Waals surface area contributed by atoms with Crippen LogP contribution in [0.4, 0.5) is 4.79 Å². The monoisotopic (exact) mass is 346 g/mol. The summed E-state index contributed by atoms with van der Waals surface area (Å²) in [7, 11) is 0. The maximum atomic E-state index is 12.1. The van der Waals surface area contributed by atoms with Crippen molar-refractivity contribution in [2.24, 2.45) is 0 Å². The van der Waals surface area contributed by atoms with Crippen LogP contribution in [0, 0.1) is 0 Å². The molecule has 0 fully saturated rings. The second kappa shape index (κ2) is 7.68. The van der Waals surface area contributed by atoms with Gasteiger partial charge in [-0.25, -0.2) is 4.79 Å². The minimum atomic E-state index is -0.670. The van der Waals surface area contributed by atoms with Crippen molar-refractivity contribution in [3.63, 3.8) is 0 Å². The Hall–Kier alpha value is -2.05. The van der Waals surface area contributed by atoms with E-state index in [1.165, 1.54) is 16.9 Å². The molecule has 6 heteroatoms. The smallest absolute Gasteiger partial charge is 0.315 e. The van der Waals surface area contributed by atoms with E-state index in [0.717, 1.165) is 29.0 Å².